The van der Waals surface area contributed by atoms with Crippen molar-refractivity contribution >= 4 is 34.4 Å². The first kappa shape index (κ1) is 11.5. The summed E-state index contributed by atoms with van der Waals surface area (Å²) in [6.45, 7) is 0. The van der Waals surface area contributed by atoms with Gasteiger partial charge >= 0.3 is 7.75 Å². The number of nitrogens with zero attached hydrogens (tertiary/aromatic N) is 1. The van der Waals surface area contributed by atoms with E-state index in [0.717, 1.165) is 10.2 Å². The van der Waals surface area contributed by atoms with E-state index in [0.29, 0.717) is 5.13 Å². The Morgan fingerprint density at radius 3 is 2.62 bits per heavy atom. The molecule has 1 aromatic carbocycles. The Morgan fingerprint density at radius 1 is 1.31 bits per heavy atom. The van der Waals surface area contributed by atoms with Gasteiger partial charge in [-0.3, -0.25) is 14.1 Å². The van der Waals surface area contributed by atoms with Crippen molar-refractivity contribution in [2.45, 2.75) is 0 Å². The molecule has 1 heterocycles. The number of nitrogens with one attached hydrogen (secondary N) is 1. The number of fused-ring (bicyclic) bond motifs is 1. The molecule has 0 unspecified atom stereocenters. The molecule has 0 fully saturated rings. The Balaban J connectivity index is 2.31. The van der Waals surface area contributed by atoms with E-state index in [1.54, 1.807) is 0 Å². The largest absolute Gasteiger partial charge is 0.433 e. The number of anilines is 1. The summed E-state index contributed by atoms with van der Waals surface area (Å²) >= 11 is 1.40. The topological polar surface area (TPSA) is 60.5 Å². The summed E-state index contributed by atoms with van der Waals surface area (Å²) in [6.07, 6.45) is 0. The Bertz CT molecular complexity index is 501. The van der Waals surface area contributed by atoms with E-state index in [2.05, 4.69) is 10.1 Å². The SMILES string of the molecule is COP(=O)(Nc1nc2ccccc2s1)OC. The molecule has 0 radical (unpaired) electrons. The van der Waals surface area contributed by atoms with Crippen LogP contribution in [0.2, 0.25) is 0 Å². The molecule has 16 heavy (non-hydrogen) atoms. The fraction of sp³-hybridized carbons (Fsp3) is 0.222. The molecule has 0 aliphatic heterocycles. The highest BCUT2D eigenvalue weighted by Gasteiger charge is 2.22. The number of hydrogen-bond acceptors (Lipinski definition) is 5. The summed E-state index contributed by atoms with van der Waals surface area (Å²) in [4.78, 5) is 4.27. The molecular weight excluding hydrogens is 247 g/mol. The highest BCUT2D eigenvalue weighted by molar-refractivity contribution is 7.56. The van der Waals surface area contributed by atoms with E-state index < -0.39 is 7.75 Å². The minimum atomic E-state index is -3.26. The van der Waals surface area contributed by atoms with Crippen molar-refractivity contribution in [3.05, 3.63) is 24.3 Å². The average molecular weight is 258 g/mol. The molecule has 0 saturated carbocycles. The minimum absolute atomic E-state index is 0.522. The lowest BCUT2D eigenvalue weighted by atomic mass is 10.3. The molecule has 0 aliphatic rings. The Morgan fingerprint density at radius 2 is 2.00 bits per heavy atom. The third-order valence-corrected chi connectivity index (χ3v) is 4.56. The first-order valence-electron chi connectivity index (χ1n) is 4.52. The van der Waals surface area contributed by atoms with Gasteiger partial charge in [-0.2, -0.15) is 0 Å². The van der Waals surface area contributed by atoms with Crippen LogP contribution in [-0.2, 0) is 13.6 Å². The Labute approximate surface area is 97.0 Å². The van der Waals surface area contributed by atoms with Crippen LogP contribution in [0, 0.1) is 0 Å². The minimum Gasteiger partial charge on any atom is -0.296 e. The van der Waals surface area contributed by atoms with Crippen LogP contribution in [0.5, 0.6) is 0 Å². The zero-order valence-corrected chi connectivity index (χ0v) is 10.5. The molecule has 1 N–H and O–H groups in total. The van der Waals surface area contributed by atoms with Crippen molar-refractivity contribution < 1.29 is 13.6 Å². The second-order valence-corrected chi connectivity index (χ2v) is 5.94. The maximum Gasteiger partial charge on any atom is 0.433 e. The normalized spacial score (nSPS) is 11.9. The first-order valence-corrected chi connectivity index (χ1v) is 6.88. The Hall–Kier alpha value is -0.940. The lowest BCUT2D eigenvalue weighted by Gasteiger charge is -2.12. The number of benzene rings is 1. The van der Waals surface area contributed by atoms with Crippen LogP contribution in [-0.4, -0.2) is 19.2 Å². The molecule has 0 amide bonds. The zero-order valence-electron chi connectivity index (χ0n) is 8.84. The number of para-hydroxylation sites is 1. The third-order valence-electron chi connectivity index (χ3n) is 2.01. The maximum absolute atomic E-state index is 11.8. The zero-order chi connectivity index (χ0) is 11.6. The molecule has 2 rings (SSSR count). The molecule has 0 saturated heterocycles. The van der Waals surface area contributed by atoms with Gasteiger partial charge in [0.15, 0.2) is 5.13 Å². The standard InChI is InChI=1S/C9H11N2O3PS/c1-13-15(12,14-2)11-9-10-7-5-3-4-6-8(7)16-9/h3-6H,1-2H3,(H,10,11,12). The van der Waals surface area contributed by atoms with Gasteiger partial charge in [0.1, 0.15) is 0 Å². The lowest BCUT2D eigenvalue weighted by Crippen LogP contribution is -1.99. The van der Waals surface area contributed by atoms with Crippen molar-refractivity contribution in [3.8, 4) is 0 Å². The summed E-state index contributed by atoms with van der Waals surface area (Å²) in [7, 11) is -0.612. The van der Waals surface area contributed by atoms with E-state index >= 15 is 0 Å². The summed E-state index contributed by atoms with van der Waals surface area (Å²) in [6, 6.07) is 7.67. The fourth-order valence-electron chi connectivity index (χ4n) is 1.20. The van der Waals surface area contributed by atoms with Crippen LogP contribution in [0.15, 0.2) is 24.3 Å². The van der Waals surface area contributed by atoms with Gasteiger partial charge < -0.3 is 0 Å². The van der Waals surface area contributed by atoms with Crippen LogP contribution >= 0.6 is 19.1 Å². The smallest absolute Gasteiger partial charge is 0.296 e. The van der Waals surface area contributed by atoms with Crippen LogP contribution < -0.4 is 5.09 Å². The molecule has 0 aliphatic carbocycles. The summed E-state index contributed by atoms with van der Waals surface area (Å²) < 4.78 is 22.4. The molecule has 7 heteroatoms. The molecule has 86 valence electrons. The van der Waals surface area contributed by atoms with Gasteiger partial charge in [-0.05, 0) is 12.1 Å². The predicted molar refractivity (Wildman–Crippen MR) is 64.9 cm³/mol. The van der Waals surface area contributed by atoms with Gasteiger partial charge in [0.2, 0.25) is 0 Å². The van der Waals surface area contributed by atoms with Crippen LogP contribution in [0.3, 0.4) is 0 Å². The van der Waals surface area contributed by atoms with E-state index in [4.69, 9.17) is 9.05 Å². The molecule has 0 atom stereocenters. The van der Waals surface area contributed by atoms with Gasteiger partial charge in [-0.1, -0.05) is 23.5 Å². The molecule has 0 bridgehead atoms. The summed E-state index contributed by atoms with van der Waals surface area (Å²) in [5.41, 5.74) is 0.855. The molecule has 2 aromatic rings. The fourth-order valence-corrected chi connectivity index (χ4v) is 3.05. The second kappa shape index (κ2) is 4.51. The van der Waals surface area contributed by atoms with Crippen molar-refractivity contribution in [2.24, 2.45) is 0 Å². The van der Waals surface area contributed by atoms with Crippen molar-refractivity contribution in [1.29, 1.82) is 0 Å². The molecule has 5 nitrogen and oxygen atoms in total. The quantitative estimate of drug-likeness (QED) is 0.854. The van der Waals surface area contributed by atoms with Crippen LogP contribution in [0.25, 0.3) is 10.2 Å². The molecular formula is C9H11N2O3PS. The highest BCUT2D eigenvalue weighted by atomic mass is 32.1. The Kier molecular flexibility index (Phi) is 3.25. The number of thiazole rings is 1. The number of rotatable bonds is 4. The first-order chi connectivity index (χ1) is 7.67. The van der Waals surface area contributed by atoms with E-state index in [1.165, 1.54) is 25.6 Å². The summed E-state index contributed by atoms with van der Waals surface area (Å²) in [5.74, 6) is 0. The van der Waals surface area contributed by atoms with Gasteiger partial charge in [-0.25, -0.2) is 9.55 Å². The molecule has 1 aromatic heterocycles. The number of hydrogen-bond donors (Lipinski definition) is 1. The maximum atomic E-state index is 11.8. The van der Waals surface area contributed by atoms with Crippen molar-refractivity contribution in [3.63, 3.8) is 0 Å². The third kappa shape index (κ3) is 2.25. The van der Waals surface area contributed by atoms with Gasteiger partial charge in [-0.15, -0.1) is 0 Å². The van der Waals surface area contributed by atoms with E-state index in [1.807, 2.05) is 24.3 Å². The highest BCUT2D eigenvalue weighted by Crippen LogP contribution is 2.47. The average Bonchev–Trinajstić information content (AvgIpc) is 2.70. The predicted octanol–water partition coefficient (Wildman–Crippen LogP) is 3.11. The summed E-state index contributed by atoms with van der Waals surface area (Å²) in [5, 5.41) is 3.18. The van der Waals surface area contributed by atoms with Crippen molar-refractivity contribution in [1.82, 2.24) is 4.98 Å². The lowest BCUT2D eigenvalue weighted by molar-refractivity contribution is 0.281. The van der Waals surface area contributed by atoms with Gasteiger partial charge in [0.05, 0.1) is 10.2 Å². The molecule has 0 spiro atoms. The van der Waals surface area contributed by atoms with E-state index in [-0.39, 0.29) is 0 Å². The van der Waals surface area contributed by atoms with Crippen molar-refractivity contribution in [2.75, 3.05) is 19.3 Å². The van der Waals surface area contributed by atoms with E-state index in [9.17, 15) is 4.57 Å². The van der Waals surface area contributed by atoms with Gasteiger partial charge in [0, 0.05) is 14.2 Å². The monoisotopic (exact) mass is 258 g/mol. The van der Waals surface area contributed by atoms with Crippen LogP contribution in [0.1, 0.15) is 0 Å². The van der Waals surface area contributed by atoms with Gasteiger partial charge in [0.25, 0.3) is 0 Å². The second-order valence-electron chi connectivity index (χ2n) is 2.96. The number of aromatic nitrogens is 1. The van der Waals surface area contributed by atoms with Crippen LogP contribution in [0.4, 0.5) is 5.13 Å².